The Morgan fingerprint density at radius 3 is 1.13 bits per heavy atom. The Hall–Kier alpha value is -0.940. The smallest absolute Gasteiger partial charge is 0.0920 e. The second-order valence-corrected chi connectivity index (χ2v) is 12.2. The zero-order chi connectivity index (χ0) is 21.3. The number of anilines is 2. The van der Waals surface area contributed by atoms with Crippen LogP contribution in [0.2, 0.25) is 0 Å². The highest BCUT2D eigenvalue weighted by molar-refractivity contribution is 5.50. The van der Waals surface area contributed by atoms with Crippen molar-refractivity contribution in [3.05, 3.63) is 24.3 Å². The molecule has 1 aromatic carbocycles. The van der Waals surface area contributed by atoms with Gasteiger partial charge in [-0.1, -0.05) is 10.0 Å². The number of nitrogens with zero attached hydrogens (tertiary/aromatic N) is 4. The van der Waals surface area contributed by atoms with Crippen molar-refractivity contribution < 1.29 is 0 Å². The molecule has 0 spiro atoms. The van der Waals surface area contributed by atoms with Crippen molar-refractivity contribution in [3.63, 3.8) is 0 Å². The molecule has 0 unspecified atom stereocenters. The first-order valence-electron chi connectivity index (χ1n) is 12.4. The van der Waals surface area contributed by atoms with Gasteiger partial charge in [-0.15, -0.1) is 0 Å². The van der Waals surface area contributed by atoms with Gasteiger partial charge in [0, 0.05) is 49.9 Å². The van der Waals surface area contributed by atoms with Gasteiger partial charge in [-0.05, 0) is 77.2 Å². The van der Waals surface area contributed by atoms with E-state index in [2.05, 4.69) is 85.8 Å². The summed E-state index contributed by atoms with van der Waals surface area (Å²) in [6.07, 6.45) is 10.8. The van der Waals surface area contributed by atoms with Gasteiger partial charge < -0.3 is 0 Å². The maximum atomic E-state index is 2.70. The molecule has 4 bridgehead atoms. The van der Waals surface area contributed by atoms with Crippen LogP contribution in [0.3, 0.4) is 0 Å². The van der Waals surface area contributed by atoms with E-state index in [9.17, 15) is 0 Å². The predicted molar refractivity (Wildman–Crippen MR) is 125 cm³/mol. The van der Waals surface area contributed by atoms with E-state index in [0.717, 1.165) is 0 Å². The monoisotopic (exact) mass is 410 g/mol. The summed E-state index contributed by atoms with van der Waals surface area (Å²) in [5, 5.41) is 10.7. The van der Waals surface area contributed by atoms with Crippen molar-refractivity contribution >= 4 is 11.4 Å². The summed E-state index contributed by atoms with van der Waals surface area (Å²) in [7, 11) is 0. The lowest BCUT2D eigenvalue weighted by molar-refractivity contribution is -0.109. The van der Waals surface area contributed by atoms with Crippen LogP contribution in [0, 0.1) is 0 Å². The average Bonchev–Trinajstić information content (AvgIpc) is 2.73. The molecule has 2 aliphatic carbocycles. The highest BCUT2D eigenvalue weighted by atomic mass is 15.7. The molecule has 164 valence electrons. The standard InChI is InChI=1S/C26H42N4/c1-25(2,3)29-23-15-11-21(12-16-23)27(29)19-7-9-20(10-8-19)28-22-13-17-24(18-14-22)30(28)26(4,5)6/h7-10,21-24H,11-18H2,1-6H3/q+2. The maximum absolute atomic E-state index is 2.70. The van der Waals surface area contributed by atoms with Crippen LogP contribution in [0.4, 0.5) is 11.4 Å². The van der Waals surface area contributed by atoms with E-state index < -0.39 is 0 Å². The Balaban J connectivity index is 1.45. The normalized spacial score (nSPS) is 34.1. The third-order valence-corrected chi connectivity index (χ3v) is 7.93. The van der Waals surface area contributed by atoms with Gasteiger partial charge in [0.05, 0.1) is 23.2 Å². The fourth-order valence-corrected chi connectivity index (χ4v) is 6.97. The van der Waals surface area contributed by atoms with Crippen LogP contribution in [0.1, 0.15) is 92.9 Å². The first-order chi connectivity index (χ1) is 14.1. The van der Waals surface area contributed by atoms with E-state index in [1.807, 2.05) is 0 Å². The summed E-state index contributed by atoms with van der Waals surface area (Å²) in [5.74, 6) is 0. The maximum Gasteiger partial charge on any atom is 0.204 e. The van der Waals surface area contributed by atoms with Crippen LogP contribution in [0.25, 0.3) is 0 Å². The molecule has 4 saturated heterocycles. The van der Waals surface area contributed by atoms with Crippen LogP contribution in [-0.2, 0) is 0 Å². The molecule has 4 heterocycles. The topological polar surface area (TPSA) is 18.3 Å². The molecule has 4 aliphatic heterocycles. The van der Waals surface area contributed by atoms with Crippen molar-refractivity contribution in [2.45, 2.75) is 128 Å². The average molecular weight is 411 g/mol. The van der Waals surface area contributed by atoms with Gasteiger partial charge in [-0.2, -0.15) is 0 Å². The van der Waals surface area contributed by atoms with Crippen LogP contribution in [0.15, 0.2) is 24.3 Å². The van der Waals surface area contributed by atoms with Gasteiger partial charge in [-0.3, -0.25) is 0 Å². The summed E-state index contributed by atoms with van der Waals surface area (Å²) in [5.41, 5.74) is 3.09. The zero-order valence-electron chi connectivity index (χ0n) is 20.1. The lowest BCUT2D eigenvalue weighted by Crippen LogP contribution is -2.68. The summed E-state index contributed by atoms with van der Waals surface area (Å²) in [6, 6.07) is 12.3. The molecule has 6 fully saturated rings. The molecule has 4 heteroatoms. The van der Waals surface area contributed by atoms with Crippen LogP contribution < -0.4 is 10.0 Å². The predicted octanol–water partition coefficient (Wildman–Crippen LogP) is 5.91. The lowest BCUT2D eigenvalue weighted by atomic mass is 9.84. The number of fused-ring (bicyclic) bond motifs is 6. The van der Waals surface area contributed by atoms with E-state index in [1.165, 1.54) is 62.7 Å². The van der Waals surface area contributed by atoms with Gasteiger partial charge >= 0.3 is 0 Å². The molecule has 1 aromatic rings. The van der Waals surface area contributed by atoms with Crippen molar-refractivity contribution in [1.29, 1.82) is 0 Å². The second kappa shape index (κ2) is 7.30. The number of rotatable bonds is 2. The minimum absolute atomic E-state index is 0.164. The highest BCUT2D eigenvalue weighted by Crippen LogP contribution is 2.44. The summed E-state index contributed by atoms with van der Waals surface area (Å²) >= 11 is 0. The Kier molecular flexibility index (Phi) is 5.09. The minimum atomic E-state index is 0.164. The Morgan fingerprint density at radius 2 is 0.867 bits per heavy atom. The molecule has 0 atom stereocenters. The quantitative estimate of drug-likeness (QED) is 0.564. The zero-order valence-corrected chi connectivity index (χ0v) is 20.1. The van der Waals surface area contributed by atoms with E-state index in [0.29, 0.717) is 24.2 Å². The molecule has 30 heavy (non-hydrogen) atoms. The van der Waals surface area contributed by atoms with E-state index >= 15 is 0 Å². The van der Waals surface area contributed by atoms with Gasteiger partial charge in [0.15, 0.2) is 12.1 Å². The summed E-state index contributed by atoms with van der Waals surface area (Å²) in [6.45, 7) is 14.3. The minimum Gasteiger partial charge on any atom is -0.0920 e. The number of hydrogen-bond donors (Lipinski definition) is 0. The first kappa shape index (κ1) is 20.9. The van der Waals surface area contributed by atoms with Gasteiger partial charge in [0.2, 0.25) is 11.4 Å². The lowest BCUT2D eigenvalue weighted by Gasteiger charge is -2.50. The third kappa shape index (κ3) is 3.44. The van der Waals surface area contributed by atoms with Crippen LogP contribution in [-0.4, -0.2) is 45.3 Å². The molecule has 6 aliphatic rings. The molecular formula is C26H42N4+2. The van der Waals surface area contributed by atoms with Crippen molar-refractivity contribution in [2.75, 3.05) is 0 Å². The molecule has 0 N–H and O–H groups in total. The van der Waals surface area contributed by atoms with Gasteiger partial charge in [0.1, 0.15) is 0 Å². The van der Waals surface area contributed by atoms with Gasteiger partial charge in [-0.25, -0.2) is 0 Å². The summed E-state index contributed by atoms with van der Waals surface area (Å²) < 4.78 is 0. The van der Waals surface area contributed by atoms with E-state index in [-0.39, 0.29) is 11.1 Å². The molecule has 7 rings (SSSR count). The molecule has 2 saturated carbocycles. The van der Waals surface area contributed by atoms with Crippen LogP contribution >= 0.6 is 0 Å². The Labute approximate surface area is 184 Å². The molecule has 2 radical (unpaired) electrons. The van der Waals surface area contributed by atoms with Crippen LogP contribution in [0.5, 0.6) is 0 Å². The number of hydrogen-bond acceptors (Lipinski definition) is 4. The molecule has 0 amide bonds. The van der Waals surface area contributed by atoms with E-state index in [4.69, 9.17) is 0 Å². The molecule has 0 aromatic heterocycles. The second-order valence-electron chi connectivity index (χ2n) is 12.2. The fourth-order valence-electron chi connectivity index (χ4n) is 6.97. The van der Waals surface area contributed by atoms with Crippen molar-refractivity contribution in [1.82, 2.24) is 20.0 Å². The highest BCUT2D eigenvalue weighted by Gasteiger charge is 2.56. The molecule has 4 nitrogen and oxygen atoms in total. The third-order valence-electron chi connectivity index (χ3n) is 7.93. The van der Waals surface area contributed by atoms with Crippen molar-refractivity contribution in [2.24, 2.45) is 0 Å². The number of hydrazine groups is 2. The SMILES string of the molecule is CC(C)(C)N1C2CCC(CC2)[N+]1c1ccc([N+]2C3CCC(CC3)N2C(C)(C)C)cc1. The summed E-state index contributed by atoms with van der Waals surface area (Å²) in [4.78, 5) is 0. The molecular weight excluding hydrogens is 368 g/mol. The largest absolute Gasteiger partial charge is 0.204 e. The van der Waals surface area contributed by atoms with Gasteiger partial charge in [0.25, 0.3) is 0 Å². The van der Waals surface area contributed by atoms with E-state index in [1.54, 1.807) is 0 Å². The first-order valence-corrected chi connectivity index (χ1v) is 12.4. The number of benzene rings is 1. The Morgan fingerprint density at radius 1 is 0.567 bits per heavy atom. The van der Waals surface area contributed by atoms with Crippen molar-refractivity contribution in [3.8, 4) is 0 Å². The Bertz CT molecular complexity index is 678. The fraction of sp³-hybridized carbons (Fsp3) is 0.769.